The third-order valence-electron chi connectivity index (χ3n) is 5.73. The first-order valence-corrected chi connectivity index (χ1v) is 11.4. The van der Waals surface area contributed by atoms with Gasteiger partial charge in [0.15, 0.2) is 0 Å². The highest BCUT2D eigenvalue weighted by Crippen LogP contribution is 2.29. The number of hydrogen-bond donors (Lipinski definition) is 0. The van der Waals surface area contributed by atoms with E-state index >= 15 is 0 Å². The van der Waals surface area contributed by atoms with Crippen molar-refractivity contribution in [1.29, 1.82) is 0 Å². The first-order chi connectivity index (χ1) is 13.6. The molecule has 0 aliphatic carbocycles. The normalized spacial score (nSPS) is 21.6. The summed E-state index contributed by atoms with van der Waals surface area (Å²) in [6.07, 6.45) is 4.37. The molecule has 1 aromatic carbocycles. The van der Waals surface area contributed by atoms with Gasteiger partial charge in [-0.05, 0) is 75.4 Å². The largest absolute Gasteiger partial charge is 0.494 e. The van der Waals surface area contributed by atoms with Crippen molar-refractivity contribution in [2.75, 3.05) is 45.9 Å². The van der Waals surface area contributed by atoms with Crippen molar-refractivity contribution in [1.82, 2.24) is 9.80 Å². The zero-order valence-corrected chi connectivity index (χ0v) is 18.7. The number of benzene rings is 1. The Morgan fingerprint density at radius 3 is 2.71 bits per heavy atom. The second-order valence-corrected chi connectivity index (χ2v) is 8.88. The predicted molar refractivity (Wildman–Crippen MR) is 115 cm³/mol. The van der Waals surface area contributed by atoms with E-state index in [1.165, 1.54) is 22.9 Å². The number of carbonyl (C=O) groups is 1. The van der Waals surface area contributed by atoms with Crippen LogP contribution in [0.1, 0.15) is 38.7 Å². The Balaban J connectivity index is 1.46. The molecule has 0 bridgehead atoms. The van der Waals surface area contributed by atoms with Crippen LogP contribution in [0.15, 0.2) is 22.7 Å². The minimum Gasteiger partial charge on any atom is -0.494 e. The van der Waals surface area contributed by atoms with Gasteiger partial charge >= 0.3 is 6.09 Å². The van der Waals surface area contributed by atoms with Crippen LogP contribution < -0.4 is 4.74 Å². The van der Waals surface area contributed by atoms with Crippen molar-refractivity contribution < 1.29 is 14.3 Å². The number of hydrogen-bond acceptors (Lipinski definition) is 4. The van der Waals surface area contributed by atoms with Gasteiger partial charge in [-0.2, -0.15) is 0 Å². The Labute approximate surface area is 177 Å². The van der Waals surface area contributed by atoms with E-state index in [4.69, 9.17) is 9.47 Å². The molecule has 0 aromatic heterocycles. The number of likely N-dealkylation sites (tertiary alicyclic amines) is 1. The van der Waals surface area contributed by atoms with Crippen molar-refractivity contribution in [2.45, 2.75) is 39.5 Å². The van der Waals surface area contributed by atoms with Gasteiger partial charge in [0.1, 0.15) is 5.75 Å². The summed E-state index contributed by atoms with van der Waals surface area (Å²) in [5.41, 5.74) is 1.35. The molecule has 2 aliphatic rings. The van der Waals surface area contributed by atoms with E-state index in [2.05, 4.69) is 39.9 Å². The fraction of sp³-hybridized carbons (Fsp3) is 0.682. The van der Waals surface area contributed by atoms with Gasteiger partial charge in [0, 0.05) is 30.0 Å². The molecule has 2 fully saturated rings. The van der Waals surface area contributed by atoms with Crippen molar-refractivity contribution in [3.63, 3.8) is 0 Å². The summed E-state index contributed by atoms with van der Waals surface area (Å²) < 4.78 is 12.2. The monoisotopic (exact) mass is 452 g/mol. The summed E-state index contributed by atoms with van der Waals surface area (Å²) in [7, 11) is 0. The van der Waals surface area contributed by atoms with Gasteiger partial charge in [0.05, 0.1) is 13.2 Å². The average Bonchev–Trinajstić information content (AvgIpc) is 2.69. The van der Waals surface area contributed by atoms with Crippen LogP contribution in [0, 0.1) is 11.8 Å². The van der Waals surface area contributed by atoms with E-state index in [-0.39, 0.29) is 6.09 Å². The summed E-state index contributed by atoms with van der Waals surface area (Å²) in [6, 6.07) is 6.30. The number of ether oxygens (including phenoxy) is 2. The maximum Gasteiger partial charge on any atom is 0.409 e. The van der Waals surface area contributed by atoms with E-state index in [1.54, 1.807) is 0 Å². The molecule has 0 spiro atoms. The number of rotatable bonds is 8. The maximum absolute atomic E-state index is 11.8. The van der Waals surface area contributed by atoms with Gasteiger partial charge in [0.2, 0.25) is 0 Å². The number of cyclic esters (lactones) is 1. The summed E-state index contributed by atoms with van der Waals surface area (Å²) in [6.45, 7) is 10.3. The topological polar surface area (TPSA) is 42.0 Å². The molecule has 6 heteroatoms. The van der Waals surface area contributed by atoms with Crippen LogP contribution in [0.25, 0.3) is 0 Å². The molecule has 0 radical (unpaired) electrons. The summed E-state index contributed by atoms with van der Waals surface area (Å²) in [4.78, 5) is 16.2. The van der Waals surface area contributed by atoms with Crippen LogP contribution in [0.2, 0.25) is 0 Å². The fourth-order valence-corrected chi connectivity index (χ4v) is 4.70. The predicted octanol–water partition coefficient (Wildman–Crippen LogP) is 4.58. The van der Waals surface area contributed by atoms with Gasteiger partial charge in [-0.3, -0.25) is 0 Å². The number of amides is 1. The van der Waals surface area contributed by atoms with E-state index in [1.807, 2.05) is 17.9 Å². The standard InChI is InChI=1S/C22H33BrN2O3/c1-3-9-25-15-18(16-28-22(25)26)14-24-10-7-17(8-11-24)12-19-13-20(27-4-2)5-6-21(19)23/h5-6,13,17-18H,3-4,7-12,14-16H2,1-2H3. The summed E-state index contributed by atoms with van der Waals surface area (Å²) >= 11 is 3.70. The zero-order valence-electron chi connectivity index (χ0n) is 17.2. The van der Waals surface area contributed by atoms with Crippen molar-refractivity contribution in [3.05, 3.63) is 28.2 Å². The molecular weight excluding hydrogens is 420 g/mol. The van der Waals surface area contributed by atoms with Crippen molar-refractivity contribution in [3.8, 4) is 5.75 Å². The highest BCUT2D eigenvalue weighted by atomic mass is 79.9. The molecule has 0 saturated carbocycles. The number of halogens is 1. The van der Waals surface area contributed by atoms with Crippen molar-refractivity contribution in [2.24, 2.45) is 11.8 Å². The average molecular weight is 453 g/mol. The van der Waals surface area contributed by atoms with Gasteiger partial charge in [-0.25, -0.2) is 4.79 Å². The molecule has 3 rings (SSSR count). The second-order valence-electron chi connectivity index (χ2n) is 8.02. The van der Waals surface area contributed by atoms with Gasteiger partial charge in [-0.1, -0.05) is 22.9 Å². The number of piperidine rings is 1. The zero-order chi connectivity index (χ0) is 19.9. The van der Waals surface area contributed by atoms with Crippen molar-refractivity contribution >= 4 is 22.0 Å². The van der Waals surface area contributed by atoms with Crippen LogP contribution in [-0.4, -0.2) is 61.8 Å². The Morgan fingerprint density at radius 1 is 1.21 bits per heavy atom. The lowest BCUT2D eigenvalue weighted by Crippen LogP contribution is -2.48. The minimum absolute atomic E-state index is 0.142. The molecule has 1 atom stereocenters. The Morgan fingerprint density at radius 2 is 2.00 bits per heavy atom. The molecular formula is C22H33BrN2O3. The Bertz CT molecular complexity index is 647. The lowest BCUT2D eigenvalue weighted by Gasteiger charge is -2.37. The first-order valence-electron chi connectivity index (χ1n) is 10.6. The van der Waals surface area contributed by atoms with E-state index in [0.717, 1.165) is 51.3 Å². The molecule has 1 amide bonds. The molecule has 2 aliphatic heterocycles. The Hall–Kier alpha value is -1.27. The Kier molecular flexibility index (Phi) is 8.03. The molecule has 5 nitrogen and oxygen atoms in total. The van der Waals surface area contributed by atoms with Crippen LogP contribution in [-0.2, 0) is 11.2 Å². The lowest BCUT2D eigenvalue weighted by molar-refractivity contribution is 0.0269. The summed E-state index contributed by atoms with van der Waals surface area (Å²) in [5.74, 6) is 2.10. The highest BCUT2D eigenvalue weighted by Gasteiger charge is 2.29. The third kappa shape index (κ3) is 5.86. The molecule has 0 N–H and O–H groups in total. The first kappa shape index (κ1) is 21.4. The highest BCUT2D eigenvalue weighted by molar-refractivity contribution is 9.10. The maximum atomic E-state index is 11.8. The van der Waals surface area contributed by atoms with Gasteiger partial charge < -0.3 is 19.3 Å². The van der Waals surface area contributed by atoms with Gasteiger partial charge in [0.25, 0.3) is 0 Å². The molecule has 1 aromatic rings. The molecule has 1 unspecified atom stereocenters. The van der Waals surface area contributed by atoms with E-state index in [0.29, 0.717) is 25.0 Å². The van der Waals surface area contributed by atoms with E-state index < -0.39 is 0 Å². The minimum atomic E-state index is -0.142. The van der Waals surface area contributed by atoms with Gasteiger partial charge in [-0.15, -0.1) is 0 Å². The molecule has 2 saturated heterocycles. The smallest absolute Gasteiger partial charge is 0.409 e. The quantitative estimate of drug-likeness (QED) is 0.578. The second kappa shape index (κ2) is 10.5. The molecule has 156 valence electrons. The number of nitrogens with zero attached hydrogens (tertiary/aromatic N) is 2. The fourth-order valence-electron chi connectivity index (χ4n) is 4.30. The summed E-state index contributed by atoms with van der Waals surface area (Å²) in [5, 5.41) is 0. The third-order valence-corrected chi connectivity index (χ3v) is 6.51. The molecule has 2 heterocycles. The van der Waals surface area contributed by atoms with Crippen LogP contribution >= 0.6 is 15.9 Å². The SMILES string of the molecule is CCCN1CC(CN2CCC(Cc3cc(OCC)ccc3Br)CC2)COC1=O. The molecule has 28 heavy (non-hydrogen) atoms. The van der Waals surface area contributed by atoms with Crippen LogP contribution in [0.4, 0.5) is 4.79 Å². The number of carbonyl (C=O) groups excluding carboxylic acids is 1. The lowest BCUT2D eigenvalue weighted by atomic mass is 9.89. The van der Waals surface area contributed by atoms with Crippen LogP contribution in [0.5, 0.6) is 5.75 Å². The van der Waals surface area contributed by atoms with Crippen LogP contribution in [0.3, 0.4) is 0 Å². The van der Waals surface area contributed by atoms with E-state index in [9.17, 15) is 4.79 Å².